The molecule has 0 saturated carbocycles. The molecule has 0 unspecified atom stereocenters. The van der Waals surface area contributed by atoms with Gasteiger partial charge in [-0.25, -0.2) is 0 Å². The fourth-order valence-electron chi connectivity index (χ4n) is 5.07. The third-order valence-electron chi connectivity index (χ3n) is 8.35. The molecule has 5 aromatic carbocycles. The second kappa shape index (κ2) is 12.5. The van der Waals surface area contributed by atoms with Crippen molar-refractivity contribution in [2.24, 2.45) is 10.2 Å². The highest BCUT2D eigenvalue weighted by molar-refractivity contribution is 7.49. The number of benzene rings is 5. The number of anilines is 3. The fourth-order valence-corrected chi connectivity index (χ4v) is 13.9. The summed E-state index contributed by atoms with van der Waals surface area (Å²) in [5.41, 5.74) is 5.39. The summed E-state index contributed by atoms with van der Waals surface area (Å²) in [6.07, 6.45) is 3.63. The summed E-state index contributed by atoms with van der Waals surface area (Å²) in [4.78, 5) is 2.25. The maximum Gasteiger partial charge on any atom is 0.0791 e. The molecule has 0 aromatic heterocycles. The Morgan fingerprint density at radius 2 is 0.756 bits per heavy atom. The van der Waals surface area contributed by atoms with Gasteiger partial charge in [0.15, 0.2) is 0 Å². The van der Waals surface area contributed by atoms with Crippen LogP contribution in [-0.2, 0) is 0 Å². The molecule has 0 bridgehead atoms. The average molecular weight is 568 g/mol. The van der Waals surface area contributed by atoms with Gasteiger partial charge >= 0.3 is 0 Å². The lowest BCUT2D eigenvalue weighted by atomic mass is 10.1. The van der Waals surface area contributed by atoms with E-state index in [4.69, 9.17) is 0 Å². The van der Waals surface area contributed by atoms with Gasteiger partial charge in [0.1, 0.15) is 0 Å². The van der Waals surface area contributed by atoms with Crippen LogP contribution in [0.4, 0.5) is 17.1 Å². The summed E-state index contributed by atoms with van der Waals surface area (Å²) in [6, 6.07) is 49.3. The van der Waals surface area contributed by atoms with Crippen LogP contribution in [0.1, 0.15) is 11.1 Å². The molecule has 0 radical (unpaired) electrons. The highest BCUT2D eigenvalue weighted by atomic mass is 29.3. The Morgan fingerprint density at radius 1 is 0.415 bits per heavy atom. The Bertz CT molecular complexity index is 1560. The van der Waals surface area contributed by atoms with Gasteiger partial charge in [-0.2, -0.15) is 10.2 Å². The van der Waals surface area contributed by atoms with Crippen LogP contribution in [0.5, 0.6) is 0 Å². The predicted molar refractivity (Wildman–Crippen MR) is 183 cm³/mol. The lowest BCUT2D eigenvalue weighted by molar-refractivity contribution is 1.26. The van der Waals surface area contributed by atoms with Crippen molar-refractivity contribution in [3.8, 4) is 0 Å². The van der Waals surface area contributed by atoms with Crippen LogP contribution in [0.15, 0.2) is 150 Å². The van der Waals surface area contributed by atoms with Crippen molar-refractivity contribution in [3.63, 3.8) is 0 Å². The summed E-state index contributed by atoms with van der Waals surface area (Å²) in [5, 5.41) is 11.7. The summed E-state index contributed by atoms with van der Waals surface area (Å²) < 4.78 is 0. The quantitative estimate of drug-likeness (QED) is 0.100. The largest absolute Gasteiger partial charge is 0.311 e. The van der Waals surface area contributed by atoms with Gasteiger partial charge in [0.25, 0.3) is 0 Å². The van der Waals surface area contributed by atoms with E-state index in [9.17, 15) is 0 Å². The van der Waals surface area contributed by atoms with Crippen molar-refractivity contribution in [2.45, 2.75) is 26.2 Å². The van der Waals surface area contributed by atoms with Crippen LogP contribution in [0.25, 0.3) is 0 Å². The minimum absolute atomic E-state index is 1.00. The Hall–Kier alpha value is -4.33. The van der Waals surface area contributed by atoms with Gasteiger partial charge in [-0.05, 0) is 47.5 Å². The van der Waals surface area contributed by atoms with Crippen LogP contribution < -0.4 is 15.3 Å². The first-order valence-electron chi connectivity index (χ1n) is 14.1. The van der Waals surface area contributed by atoms with E-state index in [1.54, 1.807) is 6.21 Å². The summed E-state index contributed by atoms with van der Waals surface area (Å²) in [6.45, 7) is 10.1. The molecule has 0 saturated heterocycles. The van der Waals surface area contributed by atoms with E-state index in [0.29, 0.717) is 0 Å². The molecule has 0 atom stereocenters. The third-order valence-corrected chi connectivity index (χ3v) is 26.1. The third kappa shape index (κ3) is 6.37. The molecule has 41 heavy (non-hydrogen) atoms. The van der Waals surface area contributed by atoms with Gasteiger partial charge in [-0.3, -0.25) is 0 Å². The maximum atomic E-state index is 4.33. The molecule has 0 spiro atoms. The second-order valence-corrected chi connectivity index (χ2v) is 26.5. The molecule has 5 aromatic rings. The van der Waals surface area contributed by atoms with E-state index in [-0.39, 0.29) is 0 Å². The van der Waals surface area contributed by atoms with Crippen LogP contribution in [-0.4, -0.2) is 27.6 Å². The average Bonchev–Trinajstić information content (AvgIpc) is 3.02. The number of nitrogens with zero attached hydrogens (tertiary/aromatic N) is 3. The zero-order valence-corrected chi connectivity index (χ0v) is 26.3. The zero-order valence-electron chi connectivity index (χ0n) is 24.3. The molecule has 3 nitrogen and oxygen atoms in total. The number of rotatable bonds is 9. The minimum Gasteiger partial charge on any atom is -0.311 e. The van der Waals surface area contributed by atoms with Crippen molar-refractivity contribution in [1.29, 1.82) is 0 Å². The molecular weight excluding hydrogens is 531 g/mol. The van der Waals surface area contributed by atoms with Gasteiger partial charge in [-0.15, -0.1) is 0 Å². The van der Waals surface area contributed by atoms with E-state index in [0.717, 1.165) is 28.2 Å². The van der Waals surface area contributed by atoms with Gasteiger partial charge in [0, 0.05) is 17.1 Å². The van der Waals surface area contributed by atoms with Crippen LogP contribution >= 0.6 is 0 Å². The van der Waals surface area contributed by atoms with E-state index in [2.05, 4.69) is 169 Å². The summed E-state index contributed by atoms with van der Waals surface area (Å²) in [5.74, 6) is 0. The van der Waals surface area contributed by atoms with E-state index in [1.807, 2.05) is 18.3 Å². The zero-order chi connectivity index (χ0) is 28.7. The van der Waals surface area contributed by atoms with E-state index < -0.39 is 15.2 Å². The standard InChI is InChI=1S/C36H37N3Si2/c1-40(2,35-18-12-7-13-19-35)41(3,4)36-26-22-31(23-27-36)29-38-37-28-30-20-24-34(25-21-30)39(32-14-8-5-9-15-32)33-16-10-6-11-17-33/h5-29H,1-4H3/b37-28-,38-29+. The Kier molecular flexibility index (Phi) is 8.57. The van der Waals surface area contributed by atoms with Crippen molar-refractivity contribution in [1.82, 2.24) is 0 Å². The van der Waals surface area contributed by atoms with Crippen LogP contribution in [0.2, 0.25) is 26.2 Å². The first kappa shape index (κ1) is 28.2. The van der Waals surface area contributed by atoms with Gasteiger partial charge in [0.05, 0.1) is 27.6 Å². The van der Waals surface area contributed by atoms with E-state index in [1.165, 1.54) is 10.4 Å². The molecule has 0 N–H and O–H groups in total. The lowest BCUT2D eigenvalue weighted by Crippen LogP contribution is -2.69. The van der Waals surface area contributed by atoms with Crippen molar-refractivity contribution in [3.05, 3.63) is 151 Å². The Labute approximate surface area is 246 Å². The number of hydrogen-bond donors (Lipinski definition) is 0. The molecule has 0 fully saturated rings. The van der Waals surface area contributed by atoms with Crippen LogP contribution in [0, 0.1) is 0 Å². The van der Waals surface area contributed by atoms with Gasteiger partial charge in [-0.1, -0.05) is 140 Å². The second-order valence-electron chi connectivity index (χ2n) is 11.3. The Morgan fingerprint density at radius 3 is 1.20 bits per heavy atom. The monoisotopic (exact) mass is 567 g/mol. The molecule has 0 amide bonds. The molecule has 0 heterocycles. The highest BCUT2D eigenvalue weighted by Crippen LogP contribution is 2.33. The van der Waals surface area contributed by atoms with Gasteiger partial charge < -0.3 is 4.90 Å². The normalized spacial score (nSPS) is 12.2. The predicted octanol–water partition coefficient (Wildman–Crippen LogP) is 8.22. The molecular formula is C36H37N3Si2. The molecule has 0 aliphatic heterocycles. The Balaban J connectivity index is 1.26. The number of para-hydroxylation sites is 2. The number of hydrogen-bond acceptors (Lipinski definition) is 3. The lowest BCUT2D eigenvalue weighted by Gasteiger charge is -2.39. The smallest absolute Gasteiger partial charge is 0.0791 e. The first-order chi connectivity index (χ1) is 19.9. The SMILES string of the molecule is C[Si](C)(c1ccccc1)[Si](C)(C)c1ccc(/C=N/N=C\c2ccc(N(c3ccccc3)c3ccccc3)cc2)cc1. The molecule has 5 heteroatoms. The maximum absolute atomic E-state index is 4.33. The summed E-state index contributed by atoms with van der Waals surface area (Å²) >= 11 is 0. The van der Waals surface area contributed by atoms with Crippen molar-refractivity contribution < 1.29 is 0 Å². The van der Waals surface area contributed by atoms with Crippen LogP contribution in [0.3, 0.4) is 0 Å². The minimum atomic E-state index is -1.65. The molecule has 204 valence electrons. The first-order valence-corrected chi connectivity index (χ1v) is 21.1. The summed E-state index contributed by atoms with van der Waals surface area (Å²) in [7, 11) is -3.25. The highest BCUT2D eigenvalue weighted by Gasteiger charge is 2.43. The molecule has 5 rings (SSSR count). The molecule has 0 aliphatic carbocycles. The molecule has 0 aliphatic rings. The fraction of sp³-hybridized carbons (Fsp3) is 0.111. The van der Waals surface area contributed by atoms with Crippen molar-refractivity contribution in [2.75, 3.05) is 4.90 Å². The van der Waals surface area contributed by atoms with E-state index >= 15 is 0 Å². The topological polar surface area (TPSA) is 28.0 Å². The van der Waals surface area contributed by atoms with Gasteiger partial charge in [0.2, 0.25) is 0 Å². The van der Waals surface area contributed by atoms with Crippen molar-refractivity contribution >= 4 is 55.0 Å².